The fourth-order valence-corrected chi connectivity index (χ4v) is 4.71. The minimum absolute atomic E-state index is 0.102. The maximum atomic E-state index is 6.29. The lowest BCUT2D eigenvalue weighted by molar-refractivity contribution is -0.115. The Kier molecular flexibility index (Phi) is 5.13. The number of hydrogen-bond acceptors (Lipinski definition) is 2. The maximum Gasteiger partial charge on any atom is 0.0657 e. The third kappa shape index (κ3) is 4.55. The van der Waals surface area contributed by atoms with Crippen LogP contribution < -0.4 is 0 Å². The lowest BCUT2D eigenvalue weighted by Gasteiger charge is -2.50. The van der Waals surface area contributed by atoms with Gasteiger partial charge in [-0.15, -0.1) is 0 Å². The first-order chi connectivity index (χ1) is 11.1. The molecule has 2 aliphatic heterocycles. The van der Waals surface area contributed by atoms with Gasteiger partial charge in [-0.05, 0) is 74.0 Å². The molecular formula is C22H41NO. The zero-order valence-corrected chi connectivity index (χ0v) is 17.2. The van der Waals surface area contributed by atoms with E-state index in [4.69, 9.17) is 4.74 Å². The zero-order valence-electron chi connectivity index (χ0n) is 17.2. The average Bonchev–Trinajstić information content (AvgIpc) is 3.23. The summed E-state index contributed by atoms with van der Waals surface area (Å²) in [5, 5.41) is 0. The summed E-state index contributed by atoms with van der Waals surface area (Å²) in [5.41, 5.74) is 0.976. The third-order valence-corrected chi connectivity index (χ3v) is 7.39. The van der Waals surface area contributed by atoms with Gasteiger partial charge >= 0.3 is 0 Å². The second-order valence-corrected chi connectivity index (χ2v) is 11.2. The van der Waals surface area contributed by atoms with Gasteiger partial charge in [0, 0.05) is 26.2 Å². The summed E-state index contributed by atoms with van der Waals surface area (Å²) in [5.74, 6) is 2.73. The Morgan fingerprint density at radius 3 is 2.25 bits per heavy atom. The molecule has 2 atom stereocenters. The summed E-state index contributed by atoms with van der Waals surface area (Å²) in [7, 11) is 0. The standard InChI is InChI=1S/C22H41NO/c1-20(2,3)18-9-12-24-22(6,13-18)11-10-21(4,5)19-15-23(16-19)14-17-7-8-17/h17-19H,7-16H2,1-6H3. The van der Waals surface area contributed by atoms with Crippen LogP contribution in [0.5, 0.6) is 0 Å². The van der Waals surface area contributed by atoms with Gasteiger partial charge in [0.05, 0.1) is 5.60 Å². The van der Waals surface area contributed by atoms with Gasteiger partial charge in [0.1, 0.15) is 0 Å². The van der Waals surface area contributed by atoms with Crippen molar-refractivity contribution in [2.75, 3.05) is 26.2 Å². The van der Waals surface area contributed by atoms with E-state index in [1.807, 2.05) is 0 Å². The van der Waals surface area contributed by atoms with Crippen molar-refractivity contribution < 1.29 is 4.74 Å². The van der Waals surface area contributed by atoms with Gasteiger partial charge in [-0.1, -0.05) is 34.6 Å². The highest BCUT2D eigenvalue weighted by Crippen LogP contribution is 2.45. The Labute approximate surface area is 150 Å². The highest BCUT2D eigenvalue weighted by atomic mass is 16.5. The number of likely N-dealkylation sites (tertiary alicyclic amines) is 1. The van der Waals surface area contributed by atoms with Crippen LogP contribution in [-0.4, -0.2) is 36.7 Å². The van der Waals surface area contributed by atoms with Gasteiger partial charge in [0.25, 0.3) is 0 Å². The van der Waals surface area contributed by atoms with E-state index in [0.717, 1.165) is 24.4 Å². The molecule has 0 radical (unpaired) electrons. The number of rotatable bonds is 6. The first kappa shape index (κ1) is 18.7. The average molecular weight is 336 g/mol. The molecule has 2 heteroatoms. The van der Waals surface area contributed by atoms with E-state index < -0.39 is 0 Å². The highest BCUT2D eigenvalue weighted by molar-refractivity contribution is 4.95. The summed E-state index contributed by atoms with van der Waals surface area (Å²) in [6, 6.07) is 0. The molecule has 1 saturated carbocycles. The van der Waals surface area contributed by atoms with Crippen molar-refractivity contribution in [1.82, 2.24) is 4.90 Å². The van der Waals surface area contributed by atoms with Crippen LogP contribution in [0.25, 0.3) is 0 Å². The van der Waals surface area contributed by atoms with Gasteiger partial charge in [-0.3, -0.25) is 0 Å². The van der Waals surface area contributed by atoms with Crippen LogP contribution in [0.1, 0.15) is 80.1 Å². The molecule has 2 heterocycles. The maximum absolute atomic E-state index is 6.29. The SMILES string of the molecule is CC1(CCC(C)(C)C2CN(CC3CC3)C2)CC(C(C)(C)C)CCO1. The van der Waals surface area contributed by atoms with Gasteiger partial charge in [0.2, 0.25) is 0 Å². The second-order valence-electron chi connectivity index (χ2n) is 11.2. The lowest BCUT2D eigenvalue weighted by atomic mass is 9.67. The van der Waals surface area contributed by atoms with E-state index in [1.54, 1.807) is 0 Å². The van der Waals surface area contributed by atoms with E-state index >= 15 is 0 Å². The van der Waals surface area contributed by atoms with Crippen LogP contribution >= 0.6 is 0 Å². The number of ether oxygens (including phenoxy) is 1. The van der Waals surface area contributed by atoms with E-state index in [9.17, 15) is 0 Å². The molecule has 0 N–H and O–H groups in total. The molecule has 0 bridgehead atoms. The number of hydrogen-bond donors (Lipinski definition) is 0. The molecule has 140 valence electrons. The molecule has 0 aromatic rings. The molecule has 0 aromatic carbocycles. The molecule has 2 saturated heterocycles. The van der Waals surface area contributed by atoms with E-state index in [1.165, 1.54) is 58.2 Å². The third-order valence-electron chi connectivity index (χ3n) is 7.39. The molecule has 0 amide bonds. The van der Waals surface area contributed by atoms with Gasteiger partial charge in [0.15, 0.2) is 0 Å². The van der Waals surface area contributed by atoms with Gasteiger partial charge < -0.3 is 9.64 Å². The topological polar surface area (TPSA) is 12.5 Å². The molecule has 2 nitrogen and oxygen atoms in total. The zero-order chi connectivity index (χ0) is 17.6. The largest absolute Gasteiger partial charge is 0.375 e. The smallest absolute Gasteiger partial charge is 0.0657 e. The summed E-state index contributed by atoms with van der Waals surface area (Å²) in [6.07, 6.45) is 7.98. The van der Waals surface area contributed by atoms with Crippen LogP contribution in [0, 0.1) is 28.6 Å². The summed E-state index contributed by atoms with van der Waals surface area (Å²) < 4.78 is 6.29. The molecule has 2 unspecified atom stereocenters. The Balaban J connectivity index is 1.46. The minimum atomic E-state index is 0.102. The lowest BCUT2D eigenvalue weighted by Crippen LogP contribution is -2.53. The fourth-order valence-electron chi connectivity index (χ4n) is 4.71. The van der Waals surface area contributed by atoms with Crippen molar-refractivity contribution in [3.8, 4) is 0 Å². The number of nitrogens with zero attached hydrogens (tertiary/aromatic N) is 1. The highest BCUT2D eigenvalue weighted by Gasteiger charge is 2.43. The van der Waals surface area contributed by atoms with Crippen molar-refractivity contribution in [2.45, 2.75) is 85.7 Å². The van der Waals surface area contributed by atoms with Crippen LogP contribution in [0.3, 0.4) is 0 Å². The Morgan fingerprint density at radius 1 is 1.00 bits per heavy atom. The Hall–Kier alpha value is -0.0800. The van der Waals surface area contributed by atoms with Crippen LogP contribution in [0.2, 0.25) is 0 Å². The quantitative estimate of drug-likeness (QED) is 0.647. The summed E-state index contributed by atoms with van der Waals surface area (Å²) in [6.45, 7) is 19.6. The van der Waals surface area contributed by atoms with Crippen molar-refractivity contribution in [1.29, 1.82) is 0 Å². The minimum Gasteiger partial charge on any atom is -0.375 e. The first-order valence-corrected chi connectivity index (χ1v) is 10.4. The Morgan fingerprint density at radius 2 is 1.67 bits per heavy atom. The van der Waals surface area contributed by atoms with Gasteiger partial charge in [-0.2, -0.15) is 0 Å². The van der Waals surface area contributed by atoms with E-state index in [0.29, 0.717) is 10.8 Å². The second kappa shape index (κ2) is 6.58. The molecule has 3 rings (SSSR count). The molecule has 1 aliphatic carbocycles. The molecule has 3 aliphatic rings. The van der Waals surface area contributed by atoms with Gasteiger partial charge in [-0.25, -0.2) is 0 Å². The molecule has 0 aromatic heterocycles. The molecular weight excluding hydrogens is 294 g/mol. The Bertz CT molecular complexity index is 428. The van der Waals surface area contributed by atoms with Crippen LogP contribution in [0.15, 0.2) is 0 Å². The molecule has 3 fully saturated rings. The summed E-state index contributed by atoms with van der Waals surface area (Å²) >= 11 is 0. The summed E-state index contributed by atoms with van der Waals surface area (Å²) in [4.78, 5) is 2.69. The normalized spacial score (nSPS) is 33.5. The van der Waals surface area contributed by atoms with Crippen LogP contribution in [0.4, 0.5) is 0 Å². The van der Waals surface area contributed by atoms with E-state index in [-0.39, 0.29) is 5.60 Å². The van der Waals surface area contributed by atoms with Crippen molar-refractivity contribution in [3.05, 3.63) is 0 Å². The van der Waals surface area contributed by atoms with Crippen molar-refractivity contribution in [2.24, 2.45) is 28.6 Å². The van der Waals surface area contributed by atoms with Crippen molar-refractivity contribution in [3.63, 3.8) is 0 Å². The van der Waals surface area contributed by atoms with Crippen LogP contribution in [-0.2, 0) is 4.74 Å². The fraction of sp³-hybridized carbons (Fsp3) is 1.00. The monoisotopic (exact) mass is 335 g/mol. The molecule has 0 spiro atoms. The predicted octanol–water partition coefficient (Wildman–Crippen LogP) is 5.37. The first-order valence-electron chi connectivity index (χ1n) is 10.4. The predicted molar refractivity (Wildman–Crippen MR) is 102 cm³/mol. The van der Waals surface area contributed by atoms with Crippen molar-refractivity contribution >= 4 is 0 Å². The van der Waals surface area contributed by atoms with E-state index in [2.05, 4.69) is 46.4 Å². The molecule has 24 heavy (non-hydrogen) atoms.